The van der Waals surface area contributed by atoms with E-state index in [-0.39, 0.29) is 22.8 Å². The topological polar surface area (TPSA) is 66.9 Å². The highest BCUT2D eigenvalue weighted by molar-refractivity contribution is 6.31. The summed E-state index contributed by atoms with van der Waals surface area (Å²) in [5.74, 6) is -0.759. The van der Waals surface area contributed by atoms with Crippen LogP contribution in [-0.2, 0) is 11.0 Å². The van der Waals surface area contributed by atoms with Crippen molar-refractivity contribution in [2.24, 2.45) is 5.92 Å². The number of halogens is 4. The van der Waals surface area contributed by atoms with E-state index in [1.54, 1.807) is 6.07 Å². The number of hydrogen-bond donors (Lipinski definition) is 2. The number of hydrogen-bond acceptors (Lipinski definition) is 4. The predicted molar refractivity (Wildman–Crippen MR) is 81.1 cm³/mol. The molecule has 1 heterocycles. The molecule has 24 heavy (non-hydrogen) atoms. The van der Waals surface area contributed by atoms with Crippen molar-refractivity contribution in [3.63, 3.8) is 0 Å². The molecule has 2 aromatic rings. The molecule has 0 bridgehead atoms. The van der Waals surface area contributed by atoms with Gasteiger partial charge in [0, 0.05) is 18.3 Å². The van der Waals surface area contributed by atoms with Crippen molar-refractivity contribution in [3.05, 3.63) is 52.9 Å². The molecule has 9 heteroatoms. The highest BCUT2D eigenvalue weighted by Gasteiger charge is 2.44. The van der Waals surface area contributed by atoms with Crippen LogP contribution >= 0.6 is 11.6 Å². The molecule has 0 unspecified atom stereocenters. The van der Waals surface area contributed by atoms with Crippen LogP contribution in [0.2, 0.25) is 5.15 Å². The van der Waals surface area contributed by atoms with Crippen molar-refractivity contribution < 1.29 is 18.0 Å². The minimum absolute atomic E-state index is 0.100. The molecule has 1 aromatic heterocycles. The van der Waals surface area contributed by atoms with Crippen molar-refractivity contribution in [3.8, 4) is 0 Å². The minimum Gasteiger partial charge on any atom is -0.279 e. The number of carbonyl (C=O) groups excluding carboxylic acids is 1. The van der Waals surface area contributed by atoms with Gasteiger partial charge in [0.15, 0.2) is 11.0 Å². The molecule has 1 amide bonds. The second kappa shape index (κ2) is 6.27. The summed E-state index contributed by atoms with van der Waals surface area (Å²) in [6.45, 7) is 0. The second-order valence-corrected chi connectivity index (χ2v) is 5.74. The summed E-state index contributed by atoms with van der Waals surface area (Å²) < 4.78 is 38.2. The first-order valence-electron chi connectivity index (χ1n) is 7.06. The number of amides is 1. The standard InChI is InChI=1S/C15H12ClF3N4O/c16-12-13(21-5-4-20-12)22-23-14(24)11-7-10(11)8-2-1-3-9(6-8)15(17,18)19/h1-6,10-11H,7H2,(H,21,22)(H,23,24)/t10-,11-/m1/s1. The number of nitrogens with one attached hydrogen (secondary N) is 2. The summed E-state index contributed by atoms with van der Waals surface area (Å²) >= 11 is 5.79. The summed E-state index contributed by atoms with van der Waals surface area (Å²) in [4.78, 5) is 19.8. The predicted octanol–water partition coefficient (Wildman–Crippen LogP) is 3.40. The SMILES string of the molecule is O=C(NNc1nccnc1Cl)[C@@H]1C[C@@H]1c1cccc(C(F)(F)F)c1. The molecule has 0 saturated heterocycles. The Bertz CT molecular complexity index is 768. The van der Waals surface area contributed by atoms with E-state index in [2.05, 4.69) is 20.8 Å². The van der Waals surface area contributed by atoms with Gasteiger partial charge in [0.1, 0.15) is 0 Å². The van der Waals surface area contributed by atoms with Crippen LogP contribution in [0.15, 0.2) is 36.7 Å². The van der Waals surface area contributed by atoms with Crippen LogP contribution in [-0.4, -0.2) is 15.9 Å². The van der Waals surface area contributed by atoms with Gasteiger partial charge in [-0.3, -0.25) is 15.6 Å². The Kier molecular flexibility index (Phi) is 4.31. The maximum Gasteiger partial charge on any atom is 0.416 e. The average Bonchev–Trinajstić information content (AvgIpc) is 3.34. The molecule has 126 valence electrons. The number of aromatic nitrogens is 2. The van der Waals surface area contributed by atoms with Gasteiger partial charge in [0.05, 0.1) is 5.56 Å². The van der Waals surface area contributed by atoms with Gasteiger partial charge in [-0.25, -0.2) is 9.97 Å². The van der Waals surface area contributed by atoms with Crippen LogP contribution in [0.5, 0.6) is 0 Å². The van der Waals surface area contributed by atoms with Gasteiger partial charge in [0.2, 0.25) is 5.91 Å². The van der Waals surface area contributed by atoms with Gasteiger partial charge in [0.25, 0.3) is 0 Å². The molecule has 1 aliphatic carbocycles. The lowest BCUT2D eigenvalue weighted by atomic mass is 10.1. The monoisotopic (exact) mass is 356 g/mol. The van der Waals surface area contributed by atoms with Crippen LogP contribution < -0.4 is 10.9 Å². The number of nitrogens with zero attached hydrogens (tertiary/aromatic N) is 2. The lowest BCUT2D eigenvalue weighted by Crippen LogP contribution is -2.31. The van der Waals surface area contributed by atoms with Gasteiger partial charge >= 0.3 is 6.18 Å². The van der Waals surface area contributed by atoms with Gasteiger partial charge in [-0.05, 0) is 24.0 Å². The molecule has 0 radical (unpaired) electrons. The Hall–Kier alpha value is -2.35. The second-order valence-electron chi connectivity index (χ2n) is 5.38. The van der Waals surface area contributed by atoms with E-state index < -0.39 is 17.7 Å². The third-order valence-corrected chi connectivity index (χ3v) is 4.00. The summed E-state index contributed by atoms with van der Waals surface area (Å²) in [5.41, 5.74) is 4.79. The molecule has 2 atom stereocenters. The molecule has 3 rings (SSSR count). The molecular formula is C15H12ClF3N4O. The number of rotatable bonds is 4. The van der Waals surface area contributed by atoms with Crippen LogP contribution in [0.4, 0.5) is 19.0 Å². The summed E-state index contributed by atoms with van der Waals surface area (Å²) in [5, 5.41) is 0.100. The van der Waals surface area contributed by atoms with Crippen LogP contribution in [0.3, 0.4) is 0 Å². The summed E-state index contributed by atoms with van der Waals surface area (Å²) in [7, 11) is 0. The van der Waals surface area contributed by atoms with Gasteiger partial charge in [-0.15, -0.1) is 0 Å². The first kappa shape index (κ1) is 16.5. The molecule has 0 aliphatic heterocycles. The van der Waals surface area contributed by atoms with Gasteiger partial charge < -0.3 is 0 Å². The Morgan fingerprint density at radius 3 is 2.71 bits per heavy atom. The molecule has 1 aromatic carbocycles. The maximum atomic E-state index is 12.7. The number of anilines is 1. The lowest BCUT2D eigenvalue weighted by molar-refractivity contribution is -0.137. The van der Waals surface area contributed by atoms with E-state index >= 15 is 0 Å². The van der Waals surface area contributed by atoms with E-state index in [9.17, 15) is 18.0 Å². The summed E-state index contributed by atoms with van der Waals surface area (Å²) in [6.07, 6.45) is -1.10. The van der Waals surface area contributed by atoms with Crippen molar-refractivity contribution in [1.29, 1.82) is 0 Å². The zero-order chi connectivity index (χ0) is 17.3. The number of benzene rings is 1. The zero-order valence-corrected chi connectivity index (χ0v) is 12.9. The molecule has 1 saturated carbocycles. The first-order chi connectivity index (χ1) is 11.4. The molecule has 2 N–H and O–H groups in total. The van der Waals surface area contributed by atoms with Crippen LogP contribution in [0.1, 0.15) is 23.5 Å². The molecule has 0 spiro atoms. The van der Waals surface area contributed by atoms with E-state index in [1.165, 1.54) is 18.5 Å². The van der Waals surface area contributed by atoms with E-state index in [1.807, 2.05) is 0 Å². The zero-order valence-electron chi connectivity index (χ0n) is 12.1. The first-order valence-corrected chi connectivity index (χ1v) is 7.43. The van der Waals surface area contributed by atoms with Crippen molar-refractivity contribution in [2.75, 3.05) is 5.43 Å². The quantitative estimate of drug-likeness (QED) is 0.824. The Balaban J connectivity index is 1.61. The third kappa shape index (κ3) is 3.59. The average molecular weight is 357 g/mol. The van der Waals surface area contributed by atoms with Crippen LogP contribution in [0.25, 0.3) is 0 Å². The number of hydrazine groups is 1. The van der Waals surface area contributed by atoms with Gasteiger partial charge in [-0.2, -0.15) is 13.2 Å². The molecule has 5 nitrogen and oxygen atoms in total. The largest absolute Gasteiger partial charge is 0.416 e. The number of carbonyl (C=O) groups is 1. The fourth-order valence-electron chi connectivity index (χ4n) is 2.42. The van der Waals surface area contributed by atoms with Crippen molar-refractivity contribution >= 4 is 23.3 Å². The fraction of sp³-hybridized carbons (Fsp3) is 0.267. The minimum atomic E-state index is -4.40. The smallest absolute Gasteiger partial charge is 0.279 e. The molecule has 1 fully saturated rings. The maximum absolute atomic E-state index is 12.7. The molecular weight excluding hydrogens is 345 g/mol. The lowest BCUT2D eigenvalue weighted by Gasteiger charge is -2.09. The summed E-state index contributed by atoms with van der Waals surface area (Å²) in [6, 6.07) is 5.05. The normalized spacial score (nSPS) is 19.7. The van der Waals surface area contributed by atoms with E-state index in [4.69, 9.17) is 11.6 Å². The molecule has 1 aliphatic rings. The fourth-order valence-corrected chi connectivity index (χ4v) is 2.57. The van der Waals surface area contributed by atoms with Gasteiger partial charge in [-0.1, -0.05) is 29.8 Å². The number of alkyl halides is 3. The highest BCUT2D eigenvalue weighted by atomic mass is 35.5. The Morgan fingerprint density at radius 1 is 1.25 bits per heavy atom. The van der Waals surface area contributed by atoms with Crippen molar-refractivity contribution in [2.45, 2.75) is 18.5 Å². The highest BCUT2D eigenvalue weighted by Crippen LogP contribution is 2.48. The van der Waals surface area contributed by atoms with E-state index in [0.29, 0.717) is 12.0 Å². The van der Waals surface area contributed by atoms with E-state index in [0.717, 1.165) is 12.1 Å². The van der Waals surface area contributed by atoms with Crippen LogP contribution in [0, 0.1) is 5.92 Å². The third-order valence-electron chi connectivity index (χ3n) is 3.73. The Labute approximate surface area is 140 Å². The van der Waals surface area contributed by atoms with Crippen molar-refractivity contribution in [1.82, 2.24) is 15.4 Å². The Morgan fingerprint density at radius 2 is 2.00 bits per heavy atom.